The third-order valence-electron chi connectivity index (χ3n) is 2.69. The van der Waals surface area contributed by atoms with E-state index in [1.54, 1.807) is 30.9 Å². The van der Waals surface area contributed by atoms with Crippen LogP contribution in [0.4, 0.5) is 4.39 Å². The van der Waals surface area contributed by atoms with Crippen molar-refractivity contribution in [3.63, 3.8) is 0 Å². The quantitative estimate of drug-likeness (QED) is 0.454. The Hall–Kier alpha value is -1.28. The molecule has 3 N–H and O–H groups in total. The Balaban J connectivity index is 0.00000220. The van der Waals surface area contributed by atoms with Gasteiger partial charge in [0, 0.05) is 23.4 Å². The van der Waals surface area contributed by atoms with Crippen molar-refractivity contribution in [2.45, 2.75) is 16.3 Å². The standard InChI is InChI=1S/C15H16FN3S.HI/c1-18-15(17)19-10-11-2-6-13(7-3-11)20-14-8-4-12(16)5-9-14;/h2-9H,10H2,1H3,(H3,17,18,19);1H. The van der Waals surface area contributed by atoms with Crippen LogP contribution in [0.1, 0.15) is 5.56 Å². The Morgan fingerprint density at radius 1 is 1.10 bits per heavy atom. The molecule has 112 valence electrons. The number of hydrogen-bond acceptors (Lipinski definition) is 2. The van der Waals surface area contributed by atoms with Gasteiger partial charge in [0.05, 0.1) is 0 Å². The lowest BCUT2D eigenvalue weighted by Gasteiger charge is -2.06. The van der Waals surface area contributed by atoms with Crippen molar-refractivity contribution in [3.8, 4) is 0 Å². The van der Waals surface area contributed by atoms with Gasteiger partial charge in [0.1, 0.15) is 5.82 Å². The van der Waals surface area contributed by atoms with E-state index in [1.807, 2.05) is 24.3 Å². The fourth-order valence-corrected chi connectivity index (χ4v) is 2.40. The molecular formula is C15H17FIN3S. The maximum Gasteiger partial charge on any atom is 0.188 e. The Labute approximate surface area is 145 Å². The summed E-state index contributed by atoms with van der Waals surface area (Å²) in [4.78, 5) is 5.95. The number of aliphatic imine (C=N–C) groups is 1. The van der Waals surface area contributed by atoms with Gasteiger partial charge >= 0.3 is 0 Å². The summed E-state index contributed by atoms with van der Waals surface area (Å²) in [5.41, 5.74) is 6.69. The van der Waals surface area contributed by atoms with Crippen molar-refractivity contribution in [1.82, 2.24) is 5.32 Å². The first-order valence-corrected chi connectivity index (χ1v) is 6.97. The van der Waals surface area contributed by atoms with Gasteiger partial charge in [-0.3, -0.25) is 4.99 Å². The fraction of sp³-hybridized carbons (Fsp3) is 0.133. The van der Waals surface area contributed by atoms with E-state index >= 15 is 0 Å². The smallest absolute Gasteiger partial charge is 0.188 e. The van der Waals surface area contributed by atoms with Crippen molar-refractivity contribution >= 4 is 41.7 Å². The van der Waals surface area contributed by atoms with Crippen molar-refractivity contribution in [2.24, 2.45) is 10.7 Å². The first-order chi connectivity index (χ1) is 9.67. The van der Waals surface area contributed by atoms with Crippen LogP contribution < -0.4 is 11.1 Å². The lowest BCUT2D eigenvalue weighted by Crippen LogP contribution is -2.30. The van der Waals surface area contributed by atoms with Crippen molar-refractivity contribution in [2.75, 3.05) is 7.05 Å². The number of rotatable bonds is 4. The molecule has 6 heteroatoms. The van der Waals surface area contributed by atoms with Crippen LogP contribution in [0, 0.1) is 5.82 Å². The van der Waals surface area contributed by atoms with Gasteiger partial charge in [0.15, 0.2) is 5.96 Å². The molecule has 2 aromatic carbocycles. The minimum Gasteiger partial charge on any atom is -0.370 e. The molecular weight excluding hydrogens is 400 g/mol. The predicted molar refractivity (Wildman–Crippen MR) is 96.8 cm³/mol. The zero-order valence-electron chi connectivity index (χ0n) is 11.5. The van der Waals surface area contributed by atoms with Crippen LogP contribution in [-0.2, 0) is 6.54 Å². The fourth-order valence-electron chi connectivity index (χ4n) is 1.59. The Morgan fingerprint density at radius 2 is 1.62 bits per heavy atom. The lowest BCUT2D eigenvalue weighted by molar-refractivity contribution is 0.626. The zero-order chi connectivity index (χ0) is 14.4. The first-order valence-electron chi connectivity index (χ1n) is 6.16. The number of hydrogen-bond donors (Lipinski definition) is 2. The highest BCUT2D eigenvalue weighted by atomic mass is 127. The summed E-state index contributed by atoms with van der Waals surface area (Å²) in [6, 6.07) is 14.6. The summed E-state index contributed by atoms with van der Waals surface area (Å²) in [6.07, 6.45) is 0. The van der Waals surface area contributed by atoms with Crippen LogP contribution in [0.25, 0.3) is 0 Å². The summed E-state index contributed by atoms with van der Waals surface area (Å²) in [6.45, 7) is 0.644. The van der Waals surface area contributed by atoms with Gasteiger partial charge in [-0.25, -0.2) is 4.39 Å². The third-order valence-corrected chi connectivity index (χ3v) is 3.70. The van der Waals surface area contributed by atoms with E-state index in [2.05, 4.69) is 10.3 Å². The molecule has 2 aromatic rings. The summed E-state index contributed by atoms with van der Waals surface area (Å²) in [7, 11) is 1.64. The largest absolute Gasteiger partial charge is 0.370 e. The van der Waals surface area contributed by atoms with Crippen LogP contribution in [-0.4, -0.2) is 13.0 Å². The van der Waals surface area contributed by atoms with Gasteiger partial charge in [-0.15, -0.1) is 24.0 Å². The van der Waals surface area contributed by atoms with E-state index in [-0.39, 0.29) is 29.8 Å². The molecule has 0 aliphatic rings. The van der Waals surface area contributed by atoms with Gasteiger partial charge in [-0.05, 0) is 42.0 Å². The lowest BCUT2D eigenvalue weighted by atomic mass is 10.2. The number of halogens is 2. The molecule has 0 saturated carbocycles. The topological polar surface area (TPSA) is 50.4 Å². The van der Waals surface area contributed by atoms with Crippen molar-refractivity contribution < 1.29 is 4.39 Å². The number of benzene rings is 2. The van der Waals surface area contributed by atoms with Gasteiger partial charge < -0.3 is 11.1 Å². The third kappa shape index (κ3) is 5.92. The number of guanidine groups is 1. The second-order valence-corrected chi connectivity index (χ2v) is 5.31. The van der Waals surface area contributed by atoms with Gasteiger partial charge in [0.25, 0.3) is 0 Å². The molecule has 0 aliphatic carbocycles. The van der Waals surface area contributed by atoms with Crippen LogP contribution in [0.3, 0.4) is 0 Å². The molecule has 0 heterocycles. The Kier molecular flexibility index (Phi) is 7.52. The highest BCUT2D eigenvalue weighted by Gasteiger charge is 1.99. The highest BCUT2D eigenvalue weighted by Crippen LogP contribution is 2.27. The summed E-state index contributed by atoms with van der Waals surface area (Å²) in [5.74, 6) is 0.209. The van der Waals surface area contributed by atoms with E-state index < -0.39 is 0 Å². The molecule has 21 heavy (non-hydrogen) atoms. The molecule has 0 aromatic heterocycles. The molecule has 0 bridgehead atoms. The number of nitrogens with zero attached hydrogens (tertiary/aromatic N) is 1. The molecule has 0 saturated heterocycles. The second kappa shape index (κ2) is 8.89. The molecule has 0 atom stereocenters. The van der Waals surface area contributed by atoms with Crippen molar-refractivity contribution in [3.05, 3.63) is 59.9 Å². The van der Waals surface area contributed by atoms with Crippen molar-refractivity contribution in [1.29, 1.82) is 0 Å². The predicted octanol–water partition coefficient (Wildman–Crippen LogP) is 3.63. The molecule has 0 amide bonds. The molecule has 2 rings (SSSR count). The summed E-state index contributed by atoms with van der Waals surface area (Å²) in [5, 5.41) is 3.00. The molecule has 3 nitrogen and oxygen atoms in total. The monoisotopic (exact) mass is 417 g/mol. The van der Waals surface area contributed by atoms with E-state index in [0.717, 1.165) is 15.4 Å². The molecule has 0 radical (unpaired) electrons. The maximum atomic E-state index is 12.8. The number of nitrogens with two attached hydrogens (primary N) is 1. The average molecular weight is 417 g/mol. The van der Waals surface area contributed by atoms with Crippen LogP contribution >= 0.6 is 35.7 Å². The SMILES string of the molecule is CN=C(N)NCc1ccc(Sc2ccc(F)cc2)cc1.I. The molecule has 0 fully saturated rings. The van der Waals surface area contributed by atoms with E-state index in [1.165, 1.54) is 12.1 Å². The second-order valence-electron chi connectivity index (χ2n) is 4.16. The molecule has 0 aliphatic heterocycles. The molecule has 0 spiro atoms. The van der Waals surface area contributed by atoms with E-state index in [0.29, 0.717) is 12.5 Å². The minimum atomic E-state index is -0.217. The van der Waals surface area contributed by atoms with Crippen LogP contribution in [0.15, 0.2) is 63.3 Å². The highest BCUT2D eigenvalue weighted by molar-refractivity contribution is 14.0. The van der Waals surface area contributed by atoms with Gasteiger partial charge in [-0.2, -0.15) is 0 Å². The van der Waals surface area contributed by atoms with Crippen LogP contribution in [0.2, 0.25) is 0 Å². The normalized spacial score (nSPS) is 10.9. The van der Waals surface area contributed by atoms with Gasteiger partial charge in [-0.1, -0.05) is 23.9 Å². The van der Waals surface area contributed by atoms with Gasteiger partial charge in [0.2, 0.25) is 0 Å². The Bertz CT molecular complexity index is 585. The average Bonchev–Trinajstić information content (AvgIpc) is 2.48. The minimum absolute atomic E-state index is 0. The number of nitrogens with one attached hydrogen (secondary N) is 1. The maximum absolute atomic E-state index is 12.8. The Morgan fingerprint density at radius 3 is 2.14 bits per heavy atom. The summed E-state index contributed by atoms with van der Waals surface area (Å²) >= 11 is 1.60. The van der Waals surface area contributed by atoms with E-state index in [9.17, 15) is 4.39 Å². The summed E-state index contributed by atoms with van der Waals surface area (Å²) < 4.78 is 12.8. The first kappa shape index (κ1) is 17.8. The van der Waals surface area contributed by atoms with E-state index in [4.69, 9.17) is 5.73 Å². The zero-order valence-corrected chi connectivity index (χ0v) is 14.7. The van der Waals surface area contributed by atoms with Crippen LogP contribution in [0.5, 0.6) is 0 Å². The molecule has 0 unspecified atom stereocenters.